The van der Waals surface area contributed by atoms with Crippen molar-refractivity contribution in [3.8, 4) is 0 Å². The largest absolute Gasteiger partial charge is 0.575 e. The first-order valence-electron chi connectivity index (χ1n) is 4.34. The van der Waals surface area contributed by atoms with E-state index in [0.717, 1.165) is 0 Å². The zero-order chi connectivity index (χ0) is 10.8. The fraction of sp³-hybridized carbons (Fsp3) is 0.667. The molecule has 0 aromatic rings. The van der Waals surface area contributed by atoms with Gasteiger partial charge in [-0.15, -0.1) is 13.2 Å². The molecule has 0 bridgehead atoms. The molecule has 2 unspecified atom stereocenters. The fourth-order valence-corrected chi connectivity index (χ4v) is 1.53. The van der Waals surface area contributed by atoms with Crippen LogP contribution in [0.1, 0.15) is 19.3 Å². The number of halogens is 3. The third-order valence-corrected chi connectivity index (χ3v) is 2.27. The van der Waals surface area contributed by atoms with Crippen LogP contribution in [0.25, 0.3) is 0 Å². The third-order valence-electron chi connectivity index (χ3n) is 2.27. The highest BCUT2D eigenvalue weighted by atomic mass is 19.4. The lowest BCUT2D eigenvalue weighted by atomic mass is 10.0. The molecule has 0 spiro atoms. The van der Waals surface area contributed by atoms with Gasteiger partial charge in [0.2, 0.25) is 0 Å². The molecule has 0 saturated heterocycles. The van der Waals surface area contributed by atoms with Crippen LogP contribution in [0.5, 0.6) is 0 Å². The van der Waals surface area contributed by atoms with Gasteiger partial charge < -0.3 is 4.74 Å². The van der Waals surface area contributed by atoms with E-state index in [9.17, 15) is 18.0 Å². The number of hydrogen-bond acceptors (Lipinski definition) is 2. The molecule has 2 nitrogen and oxygen atoms in total. The zero-order valence-corrected chi connectivity index (χ0v) is 7.51. The average Bonchev–Trinajstić information content (AvgIpc) is 2.48. The number of hydrogen-bond donors (Lipinski definition) is 0. The highest BCUT2D eigenvalue weighted by molar-refractivity contribution is 5.74. The summed E-state index contributed by atoms with van der Waals surface area (Å²) < 4.78 is 38.3. The Morgan fingerprint density at radius 2 is 2.21 bits per heavy atom. The molecule has 0 aliphatic heterocycles. The van der Waals surface area contributed by atoms with Crippen molar-refractivity contribution in [2.75, 3.05) is 0 Å². The fourth-order valence-electron chi connectivity index (χ4n) is 1.53. The summed E-state index contributed by atoms with van der Waals surface area (Å²) in [5.41, 5.74) is 0. The summed E-state index contributed by atoms with van der Waals surface area (Å²) >= 11 is 0. The Balaban J connectivity index is 2.40. The SMILES string of the molecule is [CH2]CC1C[CH]C(C(=O)OC(F)(F)F)C1. The molecule has 2 atom stereocenters. The minimum atomic E-state index is -4.87. The lowest BCUT2D eigenvalue weighted by Gasteiger charge is -2.11. The summed E-state index contributed by atoms with van der Waals surface area (Å²) in [5.74, 6) is -1.71. The van der Waals surface area contributed by atoms with E-state index in [1.54, 1.807) is 6.42 Å². The Morgan fingerprint density at radius 3 is 2.64 bits per heavy atom. The summed E-state index contributed by atoms with van der Waals surface area (Å²) in [4.78, 5) is 10.9. The van der Waals surface area contributed by atoms with Gasteiger partial charge >= 0.3 is 12.3 Å². The van der Waals surface area contributed by atoms with Crippen molar-refractivity contribution < 1.29 is 22.7 Å². The smallest absolute Gasteiger partial charge is 0.373 e. The first kappa shape index (κ1) is 11.3. The molecule has 80 valence electrons. The van der Waals surface area contributed by atoms with Gasteiger partial charge in [-0.2, -0.15) is 0 Å². The summed E-state index contributed by atoms with van der Waals surface area (Å²) in [5, 5.41) is 0. The van der Waals surface area contributed by atoms with Gasteiger partial charge in [0.15, 0.2) is 0 Å². The predicted molar refractivity (Wildman–Crippen MR) is 42.6 cm³/mol. The monoisotopic (exact) mass is 208 g/mol. The second-order valence-electron chi connectivity index (χ2n) is 3.34. The highest BCUT2D eigenvalue weighted by Gasteiger charge is 2.39. The minimum absolute atomic E-state index is 0.209. The second kappa shape index (κ2) is 4.19. The van der Waals surface area contributed by atoms with Crippen molar-refractivity contribution >= 4 is 5.97 Å². The van der Waals surface area contributed by atoms with Crippen molar-refractivity contribution in [2.45, 2.75) is 25.6 Å². The van der Waals surface area contributed by atoms with Crippen molar-refractivity contribution in [1.82, 2.24) is 0 Å². The Morgan fingerprint density at radius 1 is 1.57 bits per heavy atom. The normalized spacial score (nSPS) is 27.7. The van der Waals surface area contributed by atoms with E-state index in [1.165, 1.54) is 0 Å². The molecule has 1 aliphatic rings. The van der Waals surface area contributed by atoms with E-state index in [4.69, 9.17) is 0 Å². The van der Waals surface area contributed by atoms with Crippen molar-refractivity contribution in [2.24, 2.45) is 11.8 Å². The van der Waals surface area contributed by atoms with Gasteiger partial charge in [0, 0.05) is 0 Å². The van der Waals surface area contributed by atoms with Crippen LogP contribution in [0.4, 0.5) is 13.2 Å². The number of carbonyl (C=O) groups excluding carboxylic acids is 1. The van der Waals surface area contributed by atoms with E-state index >= 15 is 0 Å². The Kier molecular flexibility index (Phi) is 3.39. The number of rotatable bonds is 2. The molecule has 0 aromatic carbocycles. The average molecular weight is 208 g/mol. The van der Waals surface area contributed by atoms with E-state index in [1.807, 2.05) is 0 Å². The lowest BCUT2D eigenvalue weighted by molar-refractivity contribution is -0.307. The lowest BCUT2D eigenvalue weighted by Crippen LogP contribution is -2.24. The molecule has 0 N–H and O–H groups in total. The van der Waals surface area contributed by atoms with Crippen LogP contribution in [0.15, 0.2) is 0 Å². The van der Waals surface area contributed by atoms with Gasteiger partial charge in [-0.1, -0.05) is 13.3 Å². The molecular weight excluding hydrogens is 197 g/mol. The number of alkyl halides is 3. The maximum atomic E-state index is 11.7. The van der Waals surface area contributed by atoms with Crippen LogP contribution in [-0.2, 0) is 9.53 Å². The van der Waals surface area contributed by atoms with Gasteiger partial charge in [-0.05, 0) is 25.2 Å². The van der Waals surface area contributed by atoms with Gasteiger partial charge in [0.25, 0.3) is 0 Å². The van der Waals surface area contributed by atoms with Crippen LogP contribution in [0, 0.1) is 25.2 Å². The summed E-state index contributed by atoms with van der Waals surface area (Å²) in [6, 6.07) is 0. The number of ether oxygens (including phenoxy) is 1. The quantitative estimate of drug-likeness (QED) is 0.652. The van der Waals surface area contributed by atoms with Gasteiger partial charge in [-0.3, -0.25) is 4.79 Å². The molecule has 0 heterocycles. The standard InChI is InChI=1S/C9H11F3O2/c1-2-6-3-4-7(5-6)8(13)14-9(10,11)12/h4,6-7H,1-3,5H2. The van der Waals surface area contributed by atoms with Crippen LogP contribution < -0.4 is 0 Å². The Hall–Kier alpha value is -0.740. The van der Waals surface area contributed by atoms with Crippen LogP contribution >= 0.6 is 0 Å². The Bertz CT molecular complexity index is 213. The van der Waals surface area contributed by atoms with E-state index in [-0.39, 0.29) is 5.92 Å². The summed E-state index contributed by atoms with van der Waals surface area (Å²) in [6.45, 7) is 3.64. The maximum Gasteiger partial charge on any atom is 0.575 e. The van der Waals surface area contributed by atoms with Crippen molar-refractivity contribution in [3.05, 3.63) is 13.3 Å². The molecule has 2 radical (unpaired) electrons. The van der Waals surface area contributed by atoms with Crippen molar-refractivity contribution in [1.29, 1.82) is 0 Å². The second-order valence-corrected chi connectivity index (χ2v) is 3.34. The molecule has 1 aliphatic carbocycles. The first-order chi connectivity index (χ1) is 6.42. The molecule has 14 heavy (non-hydrogen) atoms. The van der Waals surface area contributed by atoms with Crippen molar-refractivity contribution in [3.63, 3.8) is 0 Å². The van der Waals surface area contributed by atoms with Gasteiger partial charge in [-0.25, -0.2) is 0 Å². The maximum absolute atomic E-state index is 11.7. The molecule has 1 rings (SSSR count). The van der Waals surface area contributed by atoms with Crippen LogP contribution in [0.3, 0.4) is 0 Å². The highest BCUT2D eigenvalue weighted by Crippen LogP contribution is 2.34. The molecule has 1 fully saturated rings. The molecule has 1 saturated carbocycles. The van der Waals surface area contributed by atoms with E-state index < -0.39 is 18.2 Å². The third kappa shape index (κ3) is 3.20. The topological polar surface area (TPSA) is 26.3 Å². The van der Waals surface area contributed by atoms with E-state index in [2.05, 4.69) is 11.7 Å². The molecule has 5 heteroatoms. The predicted octanol–water partition coefficient (Wildman–Crippen LogP) is 2.50. The summed E-state index contributed by atoms with van der Waals surface area (Å²) in [6.07, 6.45) is -1.61. The van der Waals surface area contributed by atoms with Crippen LogP contribution in [-0.4, -0.2) is 12.3 Å². The molecule has 0 amide bonds. The number of esters is 1. The minimum Gasteiger partial charge on any atom is -0.373 e. The van der Waals surface area contributed by atoms with Crippen LogP contribution in [0.2, 0.25) is 0 Å². The Labute approximate surface area is 80.4 Å². The van der Waals surface area contributed by atoms with Gasteiger partial charge in [0.05, 0.1) is 5.92 Å². The first-order valence-corrected chi connectivity index (χ1v) is 4.34. The number of carbonyl (C=O) groups is 1. The molecular formula is C9H11F3O2. The van der Waals surface area contributed by atoms with E-state index in [0.29, 0.717) is 19.3 Å². The summed E-state index contributed by atoms with van der Waals surface area (Å²) in [7, 11) is 0. The zero-order valence-electron chi connectivity index (χ0n) is 7.51. The van der Waals surface area contributed by atoms with Gasteiger partial charge in [0.1, 0.15) is 0 Å². The molecule has 0 aromatic heterocycles.